The molecule has 120 valence electrons. The van der Waals surface area contributed by atoms with Gasteiger partial charge in [0.25, 0.3) is 0 Å². The maximum Gasteiger partial charge on any atom is 0.238 e. The predicted octanol–water partition coefficient (Wildman–Crippen LogP) is 4.49. The minimum atomic E-state index is -0.00382. The van der Waals surface area contributed by atoms with Gasteiger partial charge in [0, 0.05) is 30.5 Å². The zero-order valence-electron chi connectivity index (χ0n) is 13.4. The lowest BCUT2D eigenvalue weighted by Crippen LogP contribution is -2.28. The molecule has 23 heavy (non-hydrogen) atoms. The van der Waals surface area contributed by atoms with Crippen LogP contribution in [0.3, 0.4) is 0 Å². The molecule has 1 saturated heterocycles. The average molecular weight is 347 g/mol. The molecule has 1 atom stereocenters. The van der Waals surface area contributed by atoms with Gasteiger partial charge < -0.3 is 4.90 Å². The van der Waals surface area contributed by atoms with Gasteiger partial charge in [0.05, 0.1) is 5.75 Å². The highest BCUT2D eigenvalue weighted by atomic mass is 35.5. The Labute approximate surface area is 146 Å². The number of amides is 1. The van der Waals surface area contributed by atoms with E-state index in [2.05, 4.69) is 29.2 Å². The van der Waals surface area contributed by atoms with Crippen LogP contribution in [-0.4, -0.2) is 25.8 Å². The van der Waals surface area contributed by atoms with E-state index in [-0.39, 0.29) is 11.3 Å². The lowest BCUT2D eigenvalue weighted by Gasteiger charge is -2.26. The fourth-order valence-corrected chi connectivity index (χ4v) is 4.06. The summed E-state index contributed by atoms with van der Waals surface area (Å²) < 4.78 is 0. The van der Waals surface area contributed by atoms with Crippen LogP contribution in [0.5, 0.6) is 0 Å². The number of thioether (sulfide) groups is 1. The van der Waals surface area contributed by atoms with E-state index in [0.717, 1.165) is 22.5 Å². The molecule has 1 amide bonds. The molecular weight excluding hydrogens is 328 g/mol. The summed E-state index contributed by atoms with van der Waals surface area (Å²) in [6, 6.07) is 14.1. The van der Waals surface area contributed by atoms with Crippen molar-refractivity contribution in [2.45, 2.75) is 12.3 Å². The normalized spacial score (nSPS) is 17.7. The Morgan fingerprint density at radius 3 is 2.52 bits per heavy atom. The van der Waals surface area contributed by atoms with Crippen molar-refractivity contribution in [1.82, 2.24) is 0 Å². The Bertz CT molecular complexity index is 730. The molecule has 0 bridgehead atoms. The first-order chi connectivity index (χ1) is 11.0. The monoisotopic (exact) mass is 346 g/mol. The molecule has 0 spiro atoms. The van der Waals surface area contributed by atoms with Crippen LogP contribution in [0.2, 0.25) is 5.02 Å². The quantitative estimate of drug-likeness (QED) is 0.817. The lowest BCUT2D eigenvalue weighted by molar-refractivity contribution is -0.115. The first-order valence-electron chi connectivity index (χ1n) is 7.45. The molecule has 2 aromatic carbocycles. The molecular formula is C18H19ClN2OS. The molecule has 3 nitrogen and oxygen atoms in total. The van der Waals surface area contributed by atoms with Crippen LogP contribution in [0.1, 0.15) is 16.5 Å². The molecule has 2 aromatic rings. The maximum absolute atomic E-state index is 12.5. The molecule has 0 aromatic heterocycles. The van der Waals surface area contributed by atoms with E-state index in [9.17, 15) is 4.79 Å². The van der Waals surface area contributed by atoms with Crippen molar-refractivity contribution in [3.05, 3.63) is 58.6 Å². The Hall–Kier alpha value is -1.65. The second-order valence-corrected chi connectivity index (χ2v) is 7.27. The summed E-state index contributed by atoms with van der Waals surface area (Å²) in [5.74, 6) is 0.619. The number of anilines is 2. The Kier molecular flexibility index (Phi) is 4.55. The van der Waals surface area contributed by atoms with Crippen LogP contribution in [0.25, 0.3) is 0 Å². The summed E-state index contributed by atoms with van der Waals surface area (Å²) >= 11 is 7.89. The first-order valence-corrected chi connectivity index (χ1v) is 8.88. The third kappa shape index (κ3) is 3.06. The molecule has 1 unspecified atom stereocenters. The van der Waals surface area contributed by atoms with Gasteiger partial charge in [-0.2, -0.15) is 0 Å². The summed E-state index contributed by atoms with van der Waals surface area (Å²) in [5, 5.41) is 0.685. The lowest BCUT2D eigenvalue weighted by atomic mass is 10.1. The number of halogens is 1. The molecule has 0 radical (unpaired) electrons. The van der Waals surface area contributed by atoms with Gasteiger partial charge in [0.1, 0.15) is 5.37 Å². The number of carbonyl (C=O) groups is 1. The summed E-state index contributed by atoms with van der Waals surface area (Å²) in [7, 11) is 4.04. The fraction of sp³-hybridized carbons (Fsp3) is 0.278. The van der Waals surface area contributed by atoms with Crippen molar-refractivity contribution in [1.29, 1.82) is 0 Å². The SMILES string of the molecule is Cc1c(Cl)cccc1N1C(=O)CSC1c1ccc(N(C)C)cc1. The van der Waals surface area contributed by atoms with Gasteiger partial charge in [0.15, 0.2) is 0 Å². The van der Waals surface area contributed by atoms with Crippen molar-refractivity contribution in [3.8, 4) is 0 Å². The largest absolute Gasteiger partial charge is 0.378 e. The molecule has 1 aliphatic heterocycles. The molecule has 5 heteroatoms. The van der Waals surface area contributed by atoms with Gasteiger partial charge >= 0.3 is 0 Å². The second kappa shape index (κ2) is 6.46. The van der Waals surface area contributed by atoms with Crippen LogP contribution in [0, 0.1) is 6.92 Å². The molecule has 1 heterocycles. The van der Waals surface area contributed by atoms with Crippen molar-refractivity contribution < 1.29 is 4.79 Å². The van der Waals surface area contributed by atoms with E-state index in [1.807, 2.05) is 44.1 Å². The Balaban J connectivity index is 1.98. The highest BCUT2D eigenvalue weighted by molar-refractivity contribution is 8.00. The molecule has 0 aliphatic carbocycles. The zero-order valence-corrected chi connectivity index (χ0v) is 15.0. The van der Waals surface area contributed by atoms with Crippen LogP contribution in [-0.2, 0) is 4.79 Å². The minimum absolute atomic E-state index is 0.00382. The number of carbonyl (C=O) groups excluding carboxylic acids is 1. The molecule has 3 rings (SSSR count). The van der Waals surface area contributed by atoms with E-state index in [4.69, 9.17) is 11.6 Å². The first kappa shape index (κ1) is 16.2. The van der Waals surface area contributed by atoms with Crippen molar-refractivity contribution in [3.63, 3.8) is 0 Å². The van der Waals surface area contributed by atoms with Gasteiger partial charge in [-0.25, -0.2) is 0 Å². The molecule has 0 N–H and O–H groups in total. The van der Waals surface area contributed by atoms with Gasteiger partial charge in [-0.1, -0.05) is 29.8 Å². The van der Waals surface area contributed by atoms with Crippen molar-refractivity contribution in [2.75, 3.05) is 29.6 Å². The van der Waals surface area contributed by atoms with E-state index >= 15 is 0 Å². The average Bonchev–Trinajstić information content (AvgIpc) is 2.92. The molecule has 1 aliphatic rings. The molecule has 1 fully saturated rings. The third-order valence-electron chi connectivity index (χ3n) is 4.06. The zero-order chi connectivity index (χ0) is 16.6. The summed E-state index contributed by atoms with van der Waals surface area (Å²) in [4.78, 5) is 16.4. The topological polar surface area (TPSA) is 23.6 Å². The standard InChI is InChI=1S/C18H19ClN2OS/c1-12-15(19)5-4-6-16(12)21-17(22)11-23-18(21)13-7-9-14(10-8-13)20(2)3/h4-10,18H,11H2,1-3H3. The van der Waals surface area contributed by atoms with Gasteiger partial charge in [-0.15, -0.1) is 11.8 Å². The molecule has 0 saturated carbocycles. The second-order valence-electron chi connectivity index (χ2n) is 5.80. The summed E-state index contributed by atoms with van der Waals surface area (Å²) in [6.07, 6.45) is 0. The number of hydrogen-bond donors (Lipinski definition) is 0. The summed E-state index contributed by atoms with van der Waals surface area (Å²) in [5.41, 5.74) is 4.12. The van der Waals surface area contributed by atoms with Crippen LogP contribution >= 0.6 is 23.4 Å². The number of nitrogens with zero attached hydrogens (tertiary/aromatic N) is 2. The number of hydrogen-bond acceptors (Lipinski definition) is 3. The number of rotatable bonds is 3. The van der Waals surface area contributed by atoms with Crippen LogP contribution in [0.4, 0.5) is 11.4 Å². The Morgan fingerprint density at radius 2 is 1.87 bits per heavy atom. The summed E-state index contributed by atoms with van der Waals surface area (Å²) in [6.45, 7) is 1.96. The Morgan fingerprint density at radius 1 is 1.17 bits per heavy atom. The fourth-order valence-electron chi connectivity index (χ4n) is 2.73. The van der Waals surface area contributed by atoms with Crippen molar-refractivity contribution in [2.24, 2.45) is 0 Å². The van der Waals surface area contributed by atoms with E-state index in [1.54, 1.807) is 11.8 Å². The van der Waals surface area contributed by atoms with Gasteiger partial charge in [-0.3, -0.25) is 9.69 Å². The minimum Gasteiger partial charge on any atom is -0.378 e. The maximum atomic E-state index is 12.5. The number of benzene rings is 2. The predicted molar refractivity (Wildman–Crippen MR) is 99.6 cm³/mol. The highest BCUT2D eigenvalue weighted by Gasteiger charge is 2.35. The van der Waals surface area contributed by atoms with Crippen molar-refractivity contribution >= 4 is 40.6 Å². The third-order valence-corrected chi connectivity index (χ3v) is 5.68. The van der Waals surface area contributed by atoms with Crippen LogP contribution < -0.4 is 9.80 Å². The van der Waals surface area contributed by atoms with E-state index in [0.29, 0.717) is 10.8 Å². The van der Waals surface area contributed by atoms with Crippen LogP contribution in [0.15, 0.2) is 42.5 Å². The van der Waals surface area contributed by atoms with E-state index < -0.39 is 0 Å². The van der Waals surface area contributed by atoms with E-state index in [1.165, 1.54) is 0 Å². The smallest absolute Gasteiger partial charge is 0.238 e. The highest BCUT2D eigenvalue weighted by Crippen LogP contribution is 2.43. The van der Waals surface area contributed by atoms with Gasteiger partial charge in [-0.05, 0) is 42.3 Å². The van der Waals surface area contributed by atoms with Gasteiger partial charge in [0.2, 0.25) is 5.91 Å².